The summed E-state index contributed by atoms with van der Waals surface area (Å²) in [7, 11) is 0. The summed E-state index contributed by atoms with van der Waals surface area (Å²) in [5, 5.41) is 14.4. The predicted octanol–water partition coefficient (Wildman–Crippen LogP) is 5.01. The molecule has 4 nitrogen and oxygen atoms in total. The zero-order chi connectivity index (χ0) is 17.9. The molecular weight excluding hydrogens is 346 g/mol. The van der Waals surface area contributed by atoms with Gasteiger partial charge < -0.3 is 10.4 Å². The van der Waals surface area contributed by atoms with Gasteiger partial charge in [0.25, 0.3) is 0 Å². The average Bonchev–Trinajstić information content (AvgIpc) is 3.01. The normalized spacial score (nSPS) is 11.0. The monoisotopic (exact) mass is 363 g/mol. The number of nitrogens with zero attached hydrogens (tertiary/aromatic N) is 2. The fraction of sp³-hybridized carbons (Fsp3) is 0.0952. The van der Waals surface area contributed by atoms with Gasteiger partial charge in [-0.15, -0.1) is 0 Å². The van der Waals surface area contributed by atoms with Gasteiger partial charge in [0.05, 0.1) is 5.02 Å². The lowest BCUT2D eigenvalue weighted by Gasteiger charge is -2.10. The van der Waals surface area contributed by atoms with Crippen molar-refractivity contribution in [1.29, 1.82) is 0 Å². The van der Waals surface area contributed by atoms with Crippen molar-refractivity contribution in [3.63, 3.8) is 0 Å². The van der Waals surface area contributed by atoms with E-state index in [1.165, 1.54) is 5.56 Å². The van der Waals surface area contributed by atoms with Gasteiger partial charge in [-0.3, -0.25) is 4.40 Å². The number of hydrogen-bond donors (Lipinski definition) is 2. The molecule has 0 saturated heterocycles. The van der Waals surface area contributed by atoms with E-state index in [9.17, 15) is 5.11 Å². The van der Waals surface area contributed by atoms with E-state index in [1.54, 1.807) is 12.1 Å². The zero-order valence-corrected chi connectivity index (χ0v) is 14.8. The summed E-state index contributed by atoms with van der Waals surface area (Å²) in [5.74, 6) is 1.02. The minimum absolute atomic E-state index is 0.202. The van der Waals surface area contributed by atoms with Crippen LogP contribution in [0.1, 0.15) is 5.56 Å². The molecule has 0 saturated carbocycles. The lowest BCUT2D eigenvalue weighted by molar-refractivity contribution is 0.477. The van der Waals surface area contributed by atoms with Crippen LogP contribution in [0.4, 0.5) is 5.82 Å². The molecule has 0 fully saturated rings. The number of benzene rings is 2. The van der Waals surface area contributed by atoms with Crippen molar-refractivity contribution in [2.45, 2.75) is 6.42 Å². The molecule has 0 aliphatic carbocycles. The Morgan fingerprint density at radius 1 is 0.962 bits per heavy atom. The maximum atomic E-state index is 10.3. The highest BCUT2D eigenvalue weighted by Crippen LogP contribution is 2.34. The summed E-state index contributed by atoms with van der Waals surface area (Å²) >= 11 is 6.18. The molecule has 2 aromatic carbocycles. The van der Waals surface area contributed by atoms with Crippen LogP contribution in [0.25, 0.3) is 16.9 Å². The van der Waals surface area contributed by atoms with E-state index in [4.69, 9.17) is 16.6 Å². The van der Waals surface area contributed by atoms with Gasteiger partial charge >= 0.3 is 0 Å². The lowest BCUT2D eigenvalue weighted by Crippen LogP contribution is -2.07. The number of aromatic nitrogens is 2. The fourth-order valence-electron chi connectivity index (χ4n) is 3.02. The topological polar surface area (TPSA) is 49.6 Å². The molecule has 4 aromatic rings. The van der Waals surface area contributed by atoms with Crippen molar-refractivity contribution >= 4 is 23.1 Å². The number of hydrogen-bond acceptors (Lipinski definition) is 3. The number of fused-ring (bicyclic) bond motifs is 1. The number of pyridine rings is 1. The third-order valence-corrected chi connectivity index (χ3v) is 4.51. The Labute approximate surface area is 156 Å². The summed E-state index contributed by atoms with van der Waals surface area (Å²) in [4.78, 5) is 4.69. The van der Waals surface area contributed by atoms with Gasteiger partial charge in [0, 0.05) is 18.3 Å². The van der Waals surface area contributed by atoms with Gasteiger partial charge in [0.2, 0.25) is 0 Å². The molecule has 26 heavy (non-hydrogen) atoms. The summed E-state index contributed by atoms with van der Waals surface area (Å²) in [6.07, 6.45) is 2.72. The molecule has 0 aliphatic rings. The zero-order valence-electron chi connectivity index (χ0n) is 14.1. The lowest BCUT2D eigenvalue weighted by atomic mass is 10.1. The third-order valence-electron chi connectivity index (χ3n) is 4.29. The van der Waals surface area contributed by atoms with Crippen LogP contribution in [-0.2, 0) is 6.42 Å². The number of phenols is 1. The van der Waals surface area contributed by atoms with E-state index in [0.29, 0.717) is 16.3 Å². The SMILES string of the molecule is Oc1ccccc1-c1nc2ccc(Cl)cn2c1NCCc1ccccc1. The molecule has 2 aromatic heterocycles. The molecule has 0 unspecified atom stereocenters. The molecule has 0 radical (unpaired) electrons. The van der Waals surface area contributed by atoms with Gasteiger partial charge in [-0.05, 0) is 36.2 Å². The van der Waals surface area contributed by atoms with Gasteiger partial charge in [-0.2, -0.15) is 0 Å². The molecule has 130 valence electrons. The van der Waals surface area contributed by atoms with Gasteiger partial charge in [0.1, 0.15) is 22.9 Å². The Morgan fingerprint density at radius 3 is 2.54 bits per heavy atom. The maximum Gasteiger partial charge on any atom is 0.139 e. The van der Waals surface area contributed by atoms with E-state index in [2.05, 4.69) is 17.4 Å². The van der Waals surface area contributed by atoms with Crippen molar-refractivity contribution in [1.82, 2.24) is 9.38 Å². The highest BCUT2D eigenvalue weighted by Gasteiger charge is 2.16. The molecule has 0 aliphatic heterocycles. The van der Waals surface area contributed by atoms with E-state index in [1.807, 2.05) is 53.1 Å². The molecule has 2 N–H and O–H groups in total. The number of imidazole rings is 1. The second kappa shape index (κ2) is 7.10. The van der Waals surface area contributed by atoms with Crippen LogP contribution >= 0.6 is 11.6 Å². The van der Waals surface area contributed by atoms with Crippen LogP contribution < -0.4 is 5.32 Å². The number of nitrogens with one attached hydrogen (secondary N) is 1. The standard InChI is InChI=1S/C21H18ClN3O/c22-16-10-11-19-24-20(17-8-4-5-9-18(17)26)21(25(19)14-16)23-13-12-15-6-2-1-3-7-15/h1-11,14,23,26H,12-13H2. The molecule has 0 bridgehead atoms. The van der Waals surface area contributed by atoms with Gasteiger partial charge in [-0.1, -0.05) is 54.1 Å². The third kappa shape index (κ3) is 3.24. The number of anilines is 1. The smallest absolute Gasteiger partial charge is 0.139 e. The first-order chi connectivity index (χ1) is 12.7. The Bertz CT molecular complexity index is 1040. The maximum absolute atomic E-state index is 10.3. The van der Waals surface area contributed by atoms with E-state index in [-0.39, 0.29) is 5.75 Å². The second-order valence-electron chi connectivity index (χ2n) is 6.06. The van der Waals surface area contributed by atoms with Crippen molar-refractivity contribution in [2.24, 2.45) is 0 Å². The number of rotatable bonds is 5. The Hall–Kier alpha value is -2.98. The highest BCUT2D eigenvalue weighted by atomic mass is 35.5. The Balaban J connectivity index is 1.72. The molecule has 5 heteroatoms. The van der Waals surface area contributed by atoms with Crippen molar-refractivity contribution in [2.75, 3.05) is 11.9 Å². The number of aromatic hydroxyl groups is 1. The van der Waals surface area contributed by atoms with Crippen molar-refractivity contribution in [3.05, 3.63) is 83.5 Å². The van der Waals surface area contributed by atoms with Crippen LogP contribution in [-0.4, -0.2) is 21.0 Å². The van der Waals surface area contributed by atoms with E-state index < -0.39 is 0 Å². The molecule has 0 atom stereocenters. The Morgan fingerprint density at radius 2 is 1.73 bits per heavy atom. The highest BCUT2D eigenvalue weighted by molar-refractivity contribution is 6.30. The van der Waals surface area contributed by atoms with Crippen molar-refractivity contribution < 1.29 is 5.11 Å². The summed E-state index contributed by atoms with van der Waals surface area (Å²) in [6, 6.07) is 21.2. The first-order valence-electron chi connectivity index (χ1n) is 8.46. The fourth-order valence-corrected chi connectivity index (χ4v) is 3.18. The van der Waals surface area contributed by atoms with Crippen LogP contribution in [0, 0.1) is 0 Å². The molecule has 0 amide bonds. The minimum atomic E-state index is 0.202. The molecule has 2 heterocycles. The van der Waals surface area contributed by atoms with Crippen LogP contribution in [0.5, 0.6) is 5.75 Å². The molecule has 4 rings (SSSR count). The molecule has 0 spiro atoms. The summed E-state index contributed by atoms with van der Waals surface area (Å²) < 4.78 is 1.93. The largest absolute Gasteiger partial charge is 0.507 e. The second-order valence-corrected chi connectivity index (χ2v) is 6.50. The first kappa shape index (κ1) is 16.5. The van der Waals surface area contributed by atoms with E-state index >= 15 is 0 Å². The quantitative estimate of drug-likeness (QED) is 0.523. The molecular formula is C21H18ClN3O. The number of para-hydroxylation sites is 1. The minimum Gasteiger partial charge on any atom is -0.507 e. The first-order valence-corrected chi connectivity index (χ1v) is 8.84. The van der Waals surface area contributed by atoms with Crippen LogP contribution in [0.2, 0.25) is 5.02 Å². The number of halogens is 1. The van der Waals surface area contributed by atoms with E-state index in [0.717, 1.165) is 24.4 Å². The van der Waals surface area contributed by atoms with Crippen molar-refractivity contribution in [3.8, 4) is 17.0 Å². The van der Waals surface area contributed by atoms with Gasteiger partial charge in [0.15, 0.2) is 0 Å². The predicted molar refractivity (Wildman–Crippen MR) is 106 cm³/mol. The van der Waals surface area contributed by atoms with Crippen LogP contribution in [0.3, 0.4) is 0 Å². The van der Waals surface area contributed by atoms with Gasteiger partial charge in [-0.25, -0.2) is 4.98 Å². The van der Waals surface area contributed by atoms with Crippen LogP contribution in [0.15, 0.2) is 72.9 Å². The average molecular weight is 364 g/mol. The number of phenolic OH excluding ortho intramolecular Hbond substituents is 1. The summed E-state index contributed by atoms with van der Waals surface area (Å²) in [5.41, 5.74) is 3.43. The summed E-state index contributed by atoms with van der Waals surface area (Å²) in [6.45, 7) is 0.741. The Kier molecular flexibility index (Phi) is 4.50.